The third-order valence-electron chi connectivity index (χ3n) is 6.67. The van der Waals surface area contributed by atoms with Gasteiger partial charge in [-0.2, -0.15) is 0 Å². The van der Waals surface area contributed by atoms with E-state index in [-0.39, 0.29) is 35.6 Å². The van der Waals surface area contributed by atoms with E-state index in [4.69, 9.17) is 0 Å². The number of hydrogen-bond acceptors (Lipinski definition) is 3. The molecular formula is C26H31N3O3. The number of rotatable bonds is 6. The van der Waals surface area contributed by atoms with Crippen LogP contribution < -0.4 is 5.32 Å². The van der Waals surface area contributed by atoms with Gasteiger partial charge in [0.1, 0.15) is 0 Å². The molecule has 2 fully saturated rings. The number of hydrogen-bond donors (Lipinski definition) is 1. The Balaban J connectivity index is 1.35. The zero-order valence-electron chi connectivity index (χ0n) is 18.8. The molecule has 1 atom stereocenters. The summed E-state index contributed by atoms with van der Waals surface area (Å²) >= 11 is 0. The fourth-order valence-corrected chi connectivity index (χ4v) is 4.31. The number of anilines is 1. The second kappa shape index (κ2) is 9.55. The van der Waals surface area contributed by atoms with E-state index in [1.807, 2.05) is 61.3 Å². The number of likely N-dealkylation sites (tertiary alicyclic amines) is 1. The minimum absolute atomic E-state index is 0.0494. The Labute approximate surface area is 189 Å². The average molecular weight is 434 g/mol. The van der Waals surface area contributed by atoms with Crippen molar-refractivity contribution in [1.29, 1.82) is 0 Å². The van der Waals surface area contributed by atoms with E-state index in [2.05, 4.69) is 5.32 Å². The van der Waals surface area contributed by atoms with Gasteiger partial charge in [-0.25, -0.2) is 0 Å². The molecule has 0 bridgehead atoms. The maximum atomic E-state index is 13.1. The summed E-state index contributed by atoms with van der Waals surface area (Å²) in [6.45, 7) is 3.35. The lowest BCUT2D eigenvalue weighted by atomic mass is 9.94. The van der Waals surface area contributed by atoms with Crippen LogP contribution in [0.4, 0.5) is 5.69 Å². The summed E-state index contributed by atoms with van der Waals surface area (Å²) in [6, 6.07) is 16.6. The Morgan fingerprint density at radius 2 is 1.62 bits per heavy atom. The molecule has 168 valence electrons. The van der Waals surface area contributed by atoms with Gasteiger partial charge in [0.2, 0.25) is 11.8 Å². The van der Waals surface area contributed by atoms with E-state index in [1.54, 1.807) is 17.0 Å². The van der Waals surface area contributed by atoms with Gasteiger partial charge >= 0.3 is 0 Å². The summed E-state index contributed by atoms with van der Waals surface area (Å²) in [6.07, 6.45) is 3.48. The first-order valence-electron chi connectivity index (χ1n) is 11.5. The molecular weight excluding hydrogens is 402 g/mol. The van der Waals surface area contributed by atoms with Crippen molar-refractivity contribution in [3.8, 4) is 0 Å². The quantitative estimate of drug-likeness (QED) is 0.745. The summed E-state index contributed by atoms with van der Waals surface area (Å²) in [7, 11) is 1.84. The van der Waals surface area contributed by atoms with Gasteiger partial charge in [-0.3, -0.25) is 14.4 Å². The Bertz CT molecular complexity index is 979. The first-order chi connectivity index (χ1) is 15.4. The topological polar surface area (TPSA) is 69.7 Å². The van der Waals surface area contributed by atoms with Crippen LogP contribution >= 0.6 is 0 Å². The van der Waals surface area contributed by atoms with Crippen LogP contribution in [0, 0.1) is 11.8 Å². The van der Waals surface area contributed by atoms with E-state index in [0.29, 0.717) is 24.3 Å². The highest BCUT2D eigenvalue weighted by Gasteiger charge is 2.36. The lowest BCUT2D eigenvalue weighted by Gasteiger charge is -2.35. The number of nitrogens with zero attached hydrogens (tertiary/aromatic N) is 2. The average Bonchev–Trinajstić information content (AvgIpc) is 3.68. The first kappa shape index (κ1) is 22.1. The van der Waals surface area contributed by atoms with Gasteiger partial charge in [-0.05, 0) is 62.4 Å². The third-order valence-corrected chi connectivity index (χ3v) is 6.67. The second-order valence-corrected chi connectivity index (χ2v) is 8.94. The molecule has 32 heavy (non-hydrogen) atoms. The highest BCUT2D eigenvalue weighted by Crippen LogP contribution is 2.33. The van der Waals surface area contributed by atoms with Crippen LogP contribution in [0.3, 0.4) is 0 Å². The number of carbonyl (C=O) groups excluding carboxylic acids is 3. The number of carbonyl (C=O) groups is 3. The zero-order chi connectivity index (χ0) is 22.7. The van der Waals surface area contributed by atoms with Crippen LogP contribution in [0.25, 0.3) is 0 Å². The van der Waals surface area contributed by atoms with E-state index in [0.717, 1.165) is 31.2 Å². The fraction of sp³-hybridized carbons (Fsp3) is 0.423. The molecule has 0 radical (unpaired) electrons. The fourth-order valence-electron chi connectivity index (χ4n) is 4.31. The van der Waals surface area contributed by atoms with Crippen molar-refractivity contribution in [2.45, 2.75) is 38.6 Å². The lowest BCUT2D eigenvalue weighted by Crippen LogP contribution is -2.44. The van der Waals surface area contributed by atoms with Crippen molar-refractivity contribution in [2.75, 3.05) is 25.5 Å². The highest BCUT2D eigenvalue weighted by atomic mass is 16.2. The molecule has 2 aromatic rings. The van der Waals surface area contributed by atoms with Gasteiger partial charge in [0.15, 0.2) is 0 Å². The van der Waals surface area contributed by atoms with Gasteiger partial charge in [-0.15, -0.1) is 0 Å². The lowest BCUT2D eigenvalue weighted by molar-refractivity contribution is -0.141. The molecule has 2 aliphatic rings. The molecule has 1 saturated heterocycles. The van der Waals surface area contributed by atoms with Crippen molar-refractivity contribution in [1.82, 2.24) is 9.80 Å². The molecule has 1 saturated carbocycles. The molecule has 1 N–H and O–H groups in total. The molecule has 6 nitrogen and oxygen atoms in total. The van der Waals surface area contributed by atoms with E-state index >= 15 is 0 Å². The van der Waals surface area contributed by atoms with Crippen molar-refractivity contribution in [2.24, 2.45) is 11.8 Å². The molecule has 1 aliphatic heterocycles. The monoisotopic (exact) mass is 433 g/mol. The van der Waals surface area contributed by atoms with Crippen molar-refractivity contribution >= 4 is 23.4 Å². The minimum atomic E-state index is -0.160. The van der Waals surface area contributed by atoms with Crippen LogP contribution in [0.15, 0.2) is 54.6 Å². The summed E-state index contributed by atoms with van der Waals surface area (Å²) in [5.41, 5.74) is 2.27. The SMILES string of the molecule is C[C@H](c1cccc(NC(=O)c2ccccc2)c1)N(C)C(=O)C1CCN(C(=O)C2CC2)CC1. The first-order valence-corrected chi connectivity index (χ1v) is 11.5. The van der Waals surface area contributed by atoms with Gasteiger partial charge in [0, 0.05) is 43.2 Å². The molecule has 0 unspecified atom stereocenters. The highest BCUT2D eigenvalue weighted by molar-refractivity contribution is 6.04. The van der Waals surface area contributed by atoms with Crippen LogP contribution in [0.2, 0.25) is 0 Å². The minimum Gasteiger partial charge on any atom is -0.342 e. The smallest absolute Gasteiger partial charge is 0.255 e. The second-order valence-electron chi connectivity index (χ2n) is 8.94. The Hall–Kier alpha value is -3.15. The van der Waals surface area contributed by atoms with Gasteiger partial charge in [-0.1, -0.05) is 30.3 Å². The Morgan fingerprint density at radius 3 is 2.28 bits per heavy atom. The Morgan fingerprint density at radius 1 is 0.938 bits per heavy atom. The third kappa shape index (κ3) is 5.01. The largest absolute Gasteiger partial charge is 0.342 e. The van der Waals surface area contributed by atoms with Gasteiger partial charge in [0.25, 0.3) is 5.91 Å². The standard InChI is InChI=1S/C26H31N3O3/c1-18(22-9-6-10-23(17-22)27-24(30)19-7-4-3-5-8-19)28(2)25(31)21-13-15-29(16-14-21)26(32)20-11-12-20/h3-10,17-18,20-21H,11-16H2,1-2H3,(H,27,30)/t18-/m1/s1. The van der Waals surface area contributed by atoms with Crippen molar-refractivity contribution in [3.05, 3.63) is 65.7 Å². The van der Waals surface area contributed by atoms with Crippen LogP contribution in [-0.4, -0.2) is 47.7 Å². The molecule has 1 heterocycles. The molecule has 1 aliphatic carbocycles. The zero-order valence-corrected chi connectivity index (χ0v) is 18.8. The molecule has 6 heteroatoms. The molecule has 2 aromatic carbocycles. The predicted octanol–water partition coefficient (Wildman–Crippen LogP) is 4.11. The number of amides is 3. The van der Waals surface area contributed by atoms with Gasteiger partial charge in [0.05, 0.1) is 6.04 Å². The van der Waals surface area contributed by atoms with Gasteiger partial charge < -0.3 is 15.1 Å². The van der Waals surface area contributed by atoms with Crippen molar-refractivity contribution in [3.63, 3.8) is 0 Å². The van der Waals surface area contributed by atoms with Crippen LogP contribution in [0.5, 0.6) is 0 Å². The number of benzene rings is 2. The summed E-state index contributed by atoms with van der Waals surface area (Å²) in [4.78, 5) is 41.6. The number of nitrogens with one attached hydrogen (secondary N) is 1. The van der Waals surface area contributed by atoms with E-state index in [1.165, 1.54) is 0 Å². The molecule has 4 rings (SSSR count). The van der Waals surface area contributed by atoms with Crippen LogP contribution in [0.1, 0.15) is 54.6 Å². The Kier molecular flexibility index (Phi) is 6.58. The van der Waals surface area contributed by atoms with E-state index < -0.39 is 0 Å². The predicted molar refractivity (Wildman–Crippen MR) is 124 cm³/mol. The molecule has 0 spiro atoms. The van der Waals surface area contributed by atoms with E-state index in [9.17, 15) is 14.4 Å². The summed E-state index contributed by atoms with van der Waals surface area (Å²) < 4.78 is 0. The summed E-state index contributed by atoms with van der Waals surface area (Å²) in [5.74, 6) is 0.417. The maximum absolute atomic E-state index is 13.1. The van der Waals surface area contributed by atoms with Crippen LogP contribution in [-0.2, 0) is 9.59 Å². The molecule has 0 aromatic heterocycles. The maximum Gasteiger partial charge on any atom is 0.255 e. The summed E-state index contributed by atoms with van der Waals surface area (Å²) in [5, 5.41) is 2.93. The molecule has 3 amide bonds. The number of piperidine rings is 1. The van der Waals surface area contributed by atoms with Crippen molar-refractivity contribution < 1.29 is 14.4 Å². The normalized spacial score (nSPS) is 17.5.